The topological polar surface area (TPSA) is 29.5 Å². The molecule has 0 spiro atoms. The molecule has 1 N–H and O–H groups in total. The minimum absolute atomic E-state index is 0.00632. The van der Waals surface area contributed by atoms with Gasteiger partial charge in [0.1, 0.15) is 5.75 Å². The second-order valence-electron chi connectivity index (χ2n) is 9.44. The number of aryl methyl sites for hydroxylation is 3. The highest BCUT2D eigenvalue weighted by molar-refractivity contribution is 5.47. The molecule has 0 fully saturated rings. The fourth-order valence-electron chi connectivity index (χ4n) is 5.20. The number of rotatable bonds is 13. The van der Waals surface area contributed by atoms with Crippen LogP contribution in [0.1, 0.15) is 101 Å². The molecular formula is C30H46O2. The Labute approximate surface area is 197 Å². The van der Waals surface area contributed by atoms with E-state index in [-0.39, 0.29) is 11.5 Å². The maximum atomic E-state index is 10.6. The van der Waals surface area contributed by atoms with Gasteiger partial charge in [0.05, 0.1) is 12.7 Å². The molecule has 2 rings (SSSR count). The van der Waals surface area contributed by atoms with Crippen LogP contribution in [0.2, 0.25) is 0 Å². The highest BCUT2D eigenvalue weighted by Crippen LogP contribution is 2.41. The summed E-state index contributed by atoms with van der Waals surface area (Å²) in [4.78, 5) is 0. The Bertz CT molecular complexity index is 831. The van der Waals surface area contributed by atoms with Crippen LogP contribution < -0.4 is 4.74 Å². The van der Waals surface area contributed by atoms with Gasteiger partial charge in [-0.1, -0.05) is 77.8 Å². The summed E-state index contributed by atoms with van der Waals surface area (Å²) in [7, 11) is 0. The summed E-state index contributed by atoms with van der Waals surface area (Å²) in [6.07, 6.45) is 6.82. The zero-order chi connectivity index (χ0) is 23.7. The molecule has 2 nitrogen and oxygen atoms in total. The summed E-state index contributed by atoms with van der Waals surface area (Å²) in [6.45, 7) is 16.2. The van der Waals surface area contributed by atoms with E-state index in [9.17, 15) is 5.11 Å². The van der Waals surface area contributed by atoms with Gasteiger partial charge in [-0.2, -0.15) is 0 Å². The number of benzene rings is 2. The molecule has 2 aromatic carbocycles. The second kappa shape index (κ2) is 12.4. The Morgan fingerprint density at radius 3 is 1.94 bits per heavy atom. The van der Waals surface area contributed by atoms with Crippen LogP contribution >= 0.6 is 0 Å². The van der Waals surface area contributed by atoms with Gasteiger partial charge in [-0.25, -0.2) is 0 Å². The fourth-order valence-corrected chi connectivity index (χ4v) is 5.20. The van der Waals surface area contributed by atoms with Crippen LogP contribution in [0.5, 0.6) is 5.75 Å². The normalized spacial score (nSPS) is 12.9. The molecule has 0 radical (unpaired) electrons. The zero-order valence-electron chi connectivity index (χ0n) is 21.6. The summed E-state index contributed by atoms with van der Waals surface area (Å²) < 4.78 is 5.92. The maximum absolute atomic E-state index is 10.6. The molecule has 2 heteroatoms. The van der Waals surface area contributed by atoms with E-state index in [1.807, 2.05) is 0 Å². The Balaban J connectivity index is 2.30. The third-order valence-corrected chi connectivity index (χ3v) is 7.59. The first-order valence-corrected chi connectivity index (χ1v) is 12.9. The molecule has 32 heavy (non-hydrogen) atoms. The highest BCUT2D eigenvalue weighted by atomic mass is 16.5. The number of aliphatic hydroxyl groups excluding tert-OH is 1. The van der Waals surface area contributed by atoms with Gasteiger partial charge >= 0.3 is 0 Å². The summed E-state index contributed by atoms with van der Waals surface area (Å²) in [5, 5.41) is 10.6. The predicted octanol–water partition coefficient (Wildman–Crippen LogP) is 7.93. The molecule has 0 aromatic heterocycles. The van der Waals surface area contributed by atoms with Crippen LogP contribution in [0.15, 0.2) is 36.4 Å². The lowest BCUT2D eigenvalue weighted by Gasteiger charge is -2.34. The van der Waals surface area contributed by atoms with Gasteiger partial charge in [-0.15, -0.1) is 0 Å². The predicted molar refractivity (Wildman–Crippen MR) is 138 cm³/mol. The number of hydrogen-bond acceptors (Lipinski definition) is 2. The van der Waals surface area contributed by atoms with Crippen LogP contribution in [0.25, 0.3) is 0 Å². The van der Waals surface area contributed by atoms with E-state index in [0.717, 1.165) is 57.3 Å². The van der Waals surface area contributed by atoms with Gasteiger partial charge in [-0.3, -0.25) is 0 Å². The van der Waals surface area contributed by atoms with Gasteiger partial charge in [0, 0.05) is 5.41 Å². The van der Waals surface area contributed by atoms with Crippen molar-refractivity contribution in [2.75, 3.05) is 6.61 Å². The Hall–Kier alpha value is -1.80. The zero-order valence-corrected chi connectivity index (χ0v) is 21.6. The molecular weight excluding hydrogens is 392 g/mol. The van der Waals surface area contributed by atoms with Gasteiger partial charge in [0.15, 0.2) is 0 Å². The molecule has 0 aliphatic carbocycles. The smallest absolute Gasteiger partial charge is 0.122 e. The van der Waals surface area contributed by atoms with Crippen LogP contribution in [0.4, 0.5) is 0 Å². The molecule has 0 heterocycles. The van der Waals surface area contributed by atoms with E-state index in [1.54, 1.807) is 0 Å². The number of aliphatic hydroxyl groups is 1. The average molecular weight is 439 g/mol. The maximum Gasteiger partial charge on any atom is 0.122 e. The van der Waals surface area contributed by atoms with E-state index in [1.165, 1.54) is 27.8 Å². The third kappa shape index (κ3) is 5.95. The summed E-state index contributed by atoms with van der Waals surface area (Å²) in [5.74, 6) is 1.41. The van der Waals surface area contributed by atoms with Crippen molar-refractivity contribution in [2.45, 2.75) is 105 Å². The van der Waals surface area contributed by atoms with E-state index in [0.29, 0.717) is 5.92 Å². The minimum atomic E-state index is -0.203. The van der Waals surface area contributed by atoms with Crippen molar-refractivity contribution in [1.29, 1.82) is 0 Å². The summed E-state index contributed by atoms with van der Waals surface area (Å²) in [6, 6.07) is 13.8. The van der Waals surface area contributed by atoms with E-state index in [4.69, 9.17) is 4.74 Å². The highest BCUT2D eigenvalue weighted by Gasteiger charge is 2.31. The number of ether oxygens (including phenoxy) is 1. The van der Waals surface area contributed by atoms with Gasteiger partial charge in [0.2, 0.25) is 0 Å². The molecule has 0 aliphatic rings. The number of hydrogen-bond donors (Lipinski definition) is 1. The van der Waals surface area contributed by atoms with Crippen LogP contribution in [-0.4, -0.2) is 17.8 Å². The van der Waals surface area contributed by atoms with Crippen LogP contribution in [-0.2, 0) is 11.8 Å². The SMILES string of the molecule is CCCOc1ccc(C(CC)(CC)c2ccc(CCC(O)C(CC)CC)c(C)c2)cc1C. The molecule has 0 bridgehead atoms. The molecule has 2 aromatic rings. The molecule has 0 saturated heterocycles. The van der Waals surface area contributed by atoms with Crippen molar-refractivity contribution in [1.82, 2.24) is 0 Å². The van der Waals surface area contributed by atoms with Crippen molar-refractivity contribution < 1.29 is 9.84 Å². The third-order valence-electron chi connectivity index (χ3n) is 7.59. The summed E-state index contributed by atoms with van der Waals surface area (Å²) in [5.41, 5.74) is 6.69. The minimum Gasteiger partial charge on any atom is -0.493 e. The molecule has 1 atom stereocenters. The van der Waals surface area contributed by atoms with Crippen LogP contribution in [0, 0.1) is 19.8 Å². The van der Waals surface area contributed by atoms with Crippen molar-refractivity contribution in [3.05, 3.63) is 64.2 Å². The van der Waals surface area contributed by atoms with Crippen LogP contribution in [0.3, 0.4) is 0 Å². The molecule has 0 saturated carbocycles. The molecule has 178 valence electrons. The molecule has 1 unspecified atom stereocenters. The average Bonchev–Trinajstić information content (AvgIpc) is 2.80. The first kappa shape index (κ1) is 26.5. The molecule has 0 amide bonds. The van der Waals surface area contributed by atoms with E-state index >= 15 is 0 Å². The van der Waals surface area contributed by atoms with Gasteiger partial charge in [0.25, 0.3) is 0 Å². The van der Waals surface area contributed by atoms with Crippen molar-refractivity contribution in [3.63, 3.8) is 0 Å². The fraction of sp³-hybridized carbons (Fsp3) is 0.600. The molecule has 0 aliphatic heterocycles. The Morgan fingerprint density at radius 2 is 1.44 bits per heavy atom. The van der Waals surface area contributed by atoms with Crippen molar-refractivity contribution in [2.24, 2.45) is 5.92 Å². The van der Waals surface area contributed by atoms with Gasteiger partial charge < -0.3 is 9.84 Å². The standard InChI is InChI=1S/C30H46O2/c1-8-19-32-29-18-16-27(21-23(29)7)30(11-4,12-5)26-15-13-25(22(6)20-26)14-17-28(31)24(9-2)10-3/h13,15-16,18,20-21,24,28,31H,8-12,14,17,19H2,1-7H3. The Morgan fingerprint density at radius 1 is 0.844 bits per heavy atom. The lowest BCUT2D eigenvalue weighted by Crippen LogP contribution is -2.26. The lowest BCUT2D eigenvalue weighted by molar-refractivity contribution is 0.0945. The summed E-state index contributed by atoms with van der Waals surface area (Å²) >= 11 is 0. The van der Waals surface area contributed by atoms with Crippen molar-refractivity contribution >= 4 is 0 Å². The Kier molecular flexibility index (Phi) is 10.3. The first-order valence-electron chi connectivity index (χ1n) is 12.9. The lowest BCUT2D eigenvalue weighted by atomic mass is 9.69. The monoisotopic (exact) mass is 438 g/mol. The van der Waals surface area contributed by atoms with E-state index < -0.39 is 0 Å². The van der Waals surface area contributed by atoms with Gasteiger partial charge in [-0.05, 0) is 85.8 Å². The van der Waals surface area contributed by atoms with E-state index in [2.05, 4.69) is 84.9 Å². The van der Waals surface area contributed by atoms with Crippen molar-refractivity contribution in [3.8, 4) is 5.75 Å². The largest absolute Gasteiger partial charge is 0.493 e. The second-order valence-corrected chi connectivity index (χ2v) is 9.44. The quantitative estimate of drug-likeness (QED) is 0.344. The first-order chi connectivity index (χ1) is 15.4.